The molecule has 3 aromatic carbocycles. The van der Waals surface area contributed by atoms with Gasteiger partial charge in [-0.2, -0.15) is 0 Å². The normalized spacial score (nSPS) is 17.5. The predicted octanol–water partition coefficient (Wildman–Crippen LogP) is 4.86. The van der Waals surface area contributed by atoms with Crippen molar-refractivity contribution in [3.8, 4) is 11.4 Å². The average molecular weight is 438 g/mol. The van der Waals surface area contributed by atoms with Crippen LogP contribution in [0.2, 0.25) is 0 Å². The van der Waals surface area contributed by atoms with E-state index in [2.05, 4.69) is 10.3 Å². The number of Topliss-reactive ketones (excluding diaryl/α,β-unsaturated/α-hetero) is 1. The van der Waals surface area contributed by atoms with Crippen LogP contribution in [0.4, 0.5) is 5.69 Å². The second kappa shape index (κ2) is 7.37. The Kier molecular flexibility index (Phi) is 4.33. The third kappa shape index (κ3) is 3.10. The third-order valence-electron chi connectivity index (χ3n) is 6.28. The number of hydrogen-bond acceptors (Lipinski definition) is 6. The number of aromatic nitrogens is 3. The van der Waals surface area contributed by atoms with E-state index < -0.39 is 10.8 Å². The number of rotatable bonds is 3. The van der Waals surface area contributed by atoms with E-state index in [4.69, 9.17) is 4.74 Å². The minimum absolute atomic E-state index is 0.00603. The molecule has 33 heavy (non-hydrogen) atoms. The number of fused-ring (bicyclic) bond motifs is 3. The van der Waals surface area contributed by atoms with Gasteiger partial charge in [-0.1, -0.05) is 35.5 Å². The standard InChI is InChI=1S/C25H18N4O4/c30-20-6-3-7-21-25(20)24(23-18-5-2-1-4-15(18)8-13-22(23)33-21)19-14-28(27-26-19)16-9-11-17(12-10-16)29(31)32/h1-2,4-5,8-14,24H,3,6-7H2. The highest BCUT2D eigenvalue weighted by atomic mass is 16.6. The van der Waals surface area contributed by atoms with E-state index in [1.807, 2.05) is 36.4 Å². The summed E-state index contributed by atoms with van der Waals surface area (Å²) in [6.45, 7) is 0. The van der Waals surface area contributed by atoms with Gasteiger partial charge in [-0.05, 0) is 35.4 Å². The molecule has 6 rings (SSSR count). The van der Waals surface area contributed by atoms with Gasteiger partial charge >= 0.3 is 0 Å². The largest absolute Gasteiger partial charge is 0.461 e. The van der Waals surface area contributed by atoms with Gasteiger partial charge in [-0.15, -0.1) is 5.10 Å². The molecule has 0 amide bonds. The quantitative estimate of drug-likeness (QED) is 0.334. The fourth-order valence-electron chi connectivity index (χ4n) is 4.76. The first-order valence-corrected chi connectivity index (χ1v) is 10.7. The summed E-state index contributed by atoms with van der Waals surface area (Å²) in [6, 6.07) is 18.1. The highest BCUT2D eigenvalue weighted by Gasteiger charge is 2.39. The molecule has 1 unspecified atom stereocenters. The molecule has 1 atom stereocenters. The number of nitro groups is 1. The first kappa shape index (κ1) is 19.4. The summed E-state index contributed by atoms with van der Waals surface area (Å²) in [6.07, 6.45) is 3.74. The van der Waals surface area contributed by atoms with Crippen LogP contribution in [0.15, 0.2) is 78.2 Å². The average Bonchev–Trinajstić information content (AvgIpc) is 3.33. The van der Waals surface area contributed by atoms with Crippen LogP contribution < -0.4 is 4.74 Å². The van der Waals surface area contributed by atoms with E-state index >= 15 is 0 Å². The van der Waals surface area contributed by atoms with Gasteiger partial charge in [0, 0.05) is 36.1 Å². The van der Waals surface area contributed by atoms with Crippen LogP contribution in [0, 0.1) is 10.1 Å². The number of ketones is 1. The van der Waals surface area contributed by atoms with Gasteiger partial charge < -0.3 is 4.74 Å². The summed E-state index contributed by atoms with van der Waals surface area (Å²) in [5.74, 6) is 1.13. The molecule has 0 N–H and O–H groups in total. The van der Waals surface area contributed by atoms with Crippen molar-refractivity contribution in [1.82, 2.24) is 15.0 Å². The lowest BCUT2D eigenvalue weighted by Gasteiger charge is -2.32. The molecule has 0 saturated heterocycles. The Morgan fingerprint density at radius 3 is 2.67 bits per heavy atom. The lowest BCUT2D eigenvalue weighted by Crippen LogP contribution is -2.26. The van der Waals surface area contributed by atoms with E-state index in [1.54, 1.807) is 23.0 Å². The van der Waals surface area contributed by atoms with Gasteiger partial charge in [0.1, 0.15) is 11.5 Å². The number of ether oxygens (including phenoxy) is 1. The van der Waals surface area contributed by atoms with Crippen molar-refractivity contribution < 1.29 is 14.5 Å². The number of carbonyl (C=O) groups is 1. The molecule has 0 saturated carbocycles. The predicted molar refractivity (Wildman–Crippen MR) is 120 cm³/mol. The second-order valence-electron chi connectivity index (χ2n) is 8.21. The lowest BCUT2D eigenvalue weighted by molar-refractivity contribution is -0.384. The summed E-state index contributed by atoms with van der Waals surface area (Å²) in [7, 11) is 0. The van der Waals surface area contributed by atoms with Gasteiger partial charge in [0.2, 0.25) is 0 Å². The summed E-state index contributed by atoms with van der Waals surface area (Å²) in [5.41, 5.74) is 2.86. The van der Waals surface area contributed by atoms with Crippen molar-refractivity contribution in [3.05, 3.63) is 99.6 Å². The van der Waals surface area contributed by atoms with Crippen LogP contribution in [0.5, 0.6) is 5.75 Å². The molecule has 162 valence electrons. The first-order chi connectivity index (χ1) is 16.1. The number of nitro benzene ring substituents is 1. The summed E-state index contributed by atoms with van der Waals surface area (Å²) >= 11 is 0. The van der Waals surface area contributed by atoms with Crippen molar-refractivity contribution in [2.75, 3.05) is 0 Å². The van der Waals surface area contributed by atoms with Gasteiger partial charge in [-0.25, -0.2) is 4.68 Å². The van der Waals surface area contributed by atoms with Crippen molar-refractivity contribution in [3.63, 3.8) is 0 Å². The summed E-state index contributed by atoms with van der Waals surface area (Å²) < 4.78 is 7.81. The van der Waals surface area contributed by atoms with Crippen molar-refractivity contribution >= 4 is 22.2 Å². The van der Waals surface area contributed by atoms with E-state index in [0.717, 1.165) is 28.5 Å². The van der Waals surface area contributed by atoms with Gasteiger partial charge in [0.15, 0.2) is 5.78 Å². The molecule has 0 bridgehead atoms. The van der Waals surface area contributed by atoms with E-state index in [0.29, 0.717) is 35.6 Å². The second-order valence-corrected chi connectivity index (χ2v) is 8.21. The molecule has 1 aliphatic heterocycles. The van der Waals surface area contributed by atoms with Crippen LogP contribution in [0.25, 0.3) is 16.5 Å². The minimum atomic E-state index is -0.441. The molecule has 2 heterocycles. The van der Waals surface area contributed by atoms with Crippen molar-refractivity contribution in [2.24, 2.45) is 0 Å². The van der Waals surface area contributed by atoms with E-state index in [1.165, 1.54) is 12.1 Å². The fourth-order valence-corrected chi connectivity index (χ4v) is 4.76. The SMILES string of the molecule is O=C1CCCC2=C1C(c1cn(-c3ccc([N+](=O)[O-])cc3)nn1)c1c(ccc3ccccc13)O2. The molecule has 8 heteroatoms. The Hall–Kier alpha value is -4.33. The molecular formula is C25H18N4O4. The summed E-state index contributed by atoms with van der Waals surface area (Å²) in [4.78, 5) is 23.6. The Labute approximate surface area is 188 Å². The molecule has 2 aliphatic rings. The Bertz CT molecular complexity index is 1470. The number of non-ortho nitro benzene ring substituents is 1. The molecule has 1 aromatic heterocycles. The van der Waals surface area contributed by atoms with Crippen LogP contribution >= 0.6 is 0 Å². The number of carbonyl (C=O) groups excluding carboxylic acids is 1. The molecule has 4 aromatic rings. The summed E-state index contributed by atoms with van der Waals surface area (Å²) in [5, 5.41) is 21.8. The monoisotopic (exact) mass is 438 g/mol. The van der Waals surface area contributed by atoms with Crippen LogP contribution in [0.3, 0.4) is 0 Å². The fraction of sp³-hybridized carbons (Fsp3) is 0.160. The Morgan fingerprint density at radius 2 is 1.85 bits per heavy atom. The maximum atomic E-state index is 13.1. The Morgan fingerprint density at radius 1 is 1.03 bits per heavy atom. The highest BCUT2D eigenvalue weighted by Crippen LogP contribution is 2.48. The number of allylic oxidation sites excluding steroid dienone is 2. The van der Waals surface area contributed by atoms with Crippen molar-refractivity contribution in [2.45, 2.75) is 25.2 Å². The zero-order valence-electron chi connectivity index (χ0n) is 17.5. The number of hydrogen-bond donors (Lipinski definition) is 0. The molecule has 1 aliphatic carbocycles. The molecule has 0 spiro atoms. The van der Waals surface area contributed by atoms with Crippen LogP contribution in [-0.2, 0) is 4.79 Å². The number of benzene rings is 3. The highest BCUT2D eigenvalue weighted by molar-refractivity contribution is 6.01. The smallest absolute Gasteiger partial charge is 0.269 e. The minimum Gasteiger partial charge on any atom is -0.461 e. The maximum absolute atomic E-state index is 13.1. The maximum Gasteiger partial charge on any atom is 0.269 e. The number of nitrogens with zero attached hydrogens (tertiary/aromatic N) is 4. The molecule has 8 nitrogen and oxygen atoms in total. The topological polar surface area (TPSA) is 100 Å². The molecular weight excluding hydrogens is 420 g/mol. The van der Waals surface area contributed by atoms with Gasteiger partial charge in [-0.3, -0.25) is 14.9 Å². The Balaban J connectivity index is 1.52. The lowest BCUT2D eigenvalue weighted by atomic mass is 9.77. The zero-order chi connectivity index (χ0) is 22.5. The molecule has 0 radical (unpaired) electrons. The van der Waals surface area contributed by atoms with Crippen LogP contribution in [0.1, 0.15) is 36.4 Å². The molecule has 0 fully saturated rings. The van der Waals surface area contributed by atoms with Crippen LogP contribution in [-0.4, -0.2) is 25.7 Å². The zero-order valence-corrected chi connectivity index (χ0v) is 17.5. The van der Waals surface area contributed by atoms with Gasteiger partial charge in [0.05, 0.1) is 28.4 Å². The van der Waals surface area contributed by atoms with E-state index in [9.17, 15) is 14.9 Å². The van der Waals surface area contributed by atoms with E-state index in [-0.39, 0.29) is 11.5 Å². The first-order valence-electron chi connectivity index (χ1n) is 10.7. The van der Waals surface area contributed by atoms with Gasteiger partial charge in [0.25, 0.3) is 5.69 Å². The van der Waals surface area contributed by atoms with Crippen molar-refractivity contribution in [1.29, 1.82) is 0 Å². The third-order valence-corrected chi connectivity index (χ3v) is 6.28.